The van der Waals surface area contributed by atoms with Crippen LogP contribution in [0, 0.1) is 6.92 Å². The van der Waals surface area contributed by atoms with Crippen molar-refractivity contribution < 1.29 is 18.7 Å². The van der Waals surface area contributed by atoms with E-state index >= 15 is 0 Å². The van der Waals surface area contributed by atoms with Gasteiger partial charge in [-0.25, -0.2) is 0 Å². The first-order valence-corrected chi connectivity index (χ1v) is 5.90. The van der Waals surface area contributed by atoms with E-state index in [0.29, 0.717) is 30.7 Å². The Labute approximate surface area is 111 Å². The molecule has 0 aliphatic carbocycles. The number of rotatable bonds is 7. The molecule has 0 N–H and O–H groups in total. The highest BCUT2D eigenvalue weighted by atomic mass is 16.7. The normalized spacial score (nSPS) is 10.6. The molecule has 0 saturated heterocycles. The molecule has 1 aromatic heterocycles. The van der Waals surface area contributed by atoms with Crippen molar-refractivity contribution in [3.8, 4) is 17.1 Å². The maximum Gasteiger partial charge on any atom is 0.223 e. The van der Waals surface area contributed by atoms with Gasteiger partial charge in [-0.05, 0) is 12.1 Å². The van der Waals surface area contributed by atoms with E-state index in [1.165, 1.54) is 0 Å². The third kappa shape index (κ3) is 4.04. The molecule has 19 heavy (non-hydrogen) atoms. The number of hydrogen-bond donors (Lipinski definition) is 0. The van der Waals surface area contributed by atoms with Gasteiger partial charge in [-0.15, -0.1) is 0 Å². The van der Waals surface area contributed by atoms with Crippen LogP contribution in [0.2, 0.25) is 0 Å². The molecule has 0 amide bonds. The van der Waals surface area contributed by atoms with Crippen molar-refractivity contribution in [2.24, 2.45) is 0 Å². The molecule has 0 spiro atoms. The molecule has 0 saturated carbocycles. The predicted molar refractivity (Wildman–Crippen MR) is 67.8 cm³/mol. The molecule has 0 aliphatic heterocycles. The molecule has 1 aromatic carbocycles. The van der Waals surface area contributed by atoms with Crippen LogP contribution in [0.1, 0.15) is 5.89 Å². The Balaban J connectivity index is 1.92. The summed E-state index contributed by atoms with van der Waals surface area (Å²) in [7, 11) is 1.63. The van der Waals surface area contributed by atoms with Crippen molar-refractivity contribution >= 4 is 0 Å². The number of benzene rings is 1. The van der Waals surface area contributed by atoms with Gasteiger partial charge in [0.25, 0.3) is 0 Å². The summed E-state index contributed by atoms with van der Waals surface area (Å²) in [6, 6.07) is 7.44. The van der Waals surface area contributed by atoms with E-state index in [4.69, 9.17) is 18.7 Å². The van der Waals surface area contributed by atoms with E-state index in [1.54, 1.807) is 14.0 Å². The van der Waals surface area contributed by atoms with Crippen LogP contribution in [0.3, 0.4) is 0 Å². The zero-order chi connectivity index (χ0) is 13.5. The van der Waals surface area contributed by atoms with Crippen LogP contribution in [-0.2, 0) is 9.47 Å². The summed E-state index contributed by atoms with van der Waals surface area (Å²) in [4.78, 5) is 4.16. The molecule has 0 unspecified atom stereocenters. The Morgan fingerprint density at radius 3 is 2.89 bits per heavy atom. The van der Waals surface area contributed by atoms with E-state index < -0.39 is 0 Å². The second kappa shape index (κ2) is 6.86. The van der Waals surface area contributed by atoms with Crippen LogP contribution >= 0.6 is 0 Å². The first-order chi connectivity index (χ1) is 9.29. The van der Waals surface area contributed by atoms with Crippen LogP contribution in [0.25, 0.3) is 11.4 Å². The molecule has 0 aliphatic rings. The van der Waals surface area contributed by atoms with Gasteiger partial charge >= 0.3 is 0 Å². The highest BCUT2D eigenvalue weighted by Crippen LogP contribution is 2.21. The summed E-state index contributed by atoms with van der Waals surface area (Å²) in [6.45, 7) is 2.98. The Bertz CT molecular complexity index is 513. The topological polar surface area (TPSA) is 66.6 Å². The molecule has 0 radical (unpaired) electrons. The van der Waals surface area contributed by atoms with E-state index in [9.17, 15) is 0 Å². The predicted octanol–water partition coefficient (Wildman–Crippen LogP) is 2.04. The van der Waals surface area contributed by atoms with Crippen LogP contribution in [0.15, 0.2) is 28.8 Å². The van der Waals surface area contributed by atoms with E-state index in [0.717, 1.165) is 5.56 Å². The van der Waals surface area contributed by atoms with Crippen LogP contribution in [-0.4, -0.2) is 37.3 Å². The second-order valence-electron chi connectivity index (χ2n) is 3.83. The average Bonchev–Trinajstić information content (AvgIpc) is 2.86. The Morgan fingerprint density at radius 1 is 1.26 bits per heavy atom. The van der Waals surface area contributed by atoms with Crippen molar-refractivity contribution in [2.45, 2.75) is 6.92 Å². The average molecular weight is 264 g/mol. The van der Waals surface area contributed by atoms with Gasteiger partial charge in [0.15, 0.2) is 6.79 Å². The quantitative estimate of drug-likeness (QED) is 0.563. The molecule has 0 fully saturated rings. The standard InChI is InChI=1S/C13H16N2O4/c1-10-14-13(15-19-10)11-4-3-5-12(8-11)18-9-17-7-6-16-2/h3-5,8H,6-7,9H2,1-2H3. The first kappa shape index (κ1) is 13.5. The minimum atomic E-state index is 0.179. The minimum absolute atomic E-state index is 0.179. The summed E-state index contributed by atoms with van der Waals surface area (Å²) in [5.41, 5.74) is 0.839. The van der Waals surface area contributed by atoms with Crippen molar-refractivity contribution in [1.82, 2.24) is 10.1 Å². The summed E-state index contributed by atoms with van der Waals surface area (Å²) in [6.07, 6.45) is 0. The number of aryl methyl sites for hydroxylation is 1. The van der Waals surface area contributed by atoms with Gasteiger partial charge in [-0.3, -0.25) is 0 Å². The molecule has 0 bridgehead atoms. The first-order valence-electron chi connectivity index (χ1n) is 5.90. The van der Waals surface area contributed by atoms with Crippen LogP contribution < -0.4 is 4.74 Å². The third-order valence-electron chi connectivity index (χ3n) is 2.36. The fourth-order valence-corrected chi connectivity index (χ4v) is 1.45. The summed E-state index contributed by atoms with van der Waals surface area (Å²) < 4.78 is 20.5. The highest BCUT2D eigenvalue weighted by molar-refractivity contribution is 5.56. The lowest BCUT2D eigenvalue weighted by Gasteiger charge is -2.07. The van der Waals surface area contributed by atoms with Gasteiger partial charge in [0.1, 0.15) is 5.75 Å². The lowest BCUT2D eigenvalue weighted by Crippen LogP contribution is -2.07. The molecule has 0 atom stereocenters. The molecule has 2 aromatic rings. The molecule has 102 valence electrons. The van der Waals surface area contributed by atoms with Crippen molar-refractivity contribution in [2.75, 3.05) is 27.1 Å². The van der Waals surface area contributed by atoms with E-state index in [1.807, 2.05) is 24.3 Å². The third-order valence-corrected chi connectivity index (χ3v) is 2.36. The van der Waals surface area contributed by atoms with Crippen LogP contribution in [0.5, 0.6) is 5.75 Å². The summed E-state index contributed by atoms with van der Waals surface area (Å²) >= 11 is 0. The molecule has 1 heterocycles. The smallest absolute Gasteiger partial charge is 0.223 e. The monoisotopic (exact) mass is 264 g/mol. The lowest BCUT2D eigenvalue weighted by atomic mass is 10.2. The fourth-order valence-electron chi connectivity index (χ4n) is 1.45. The maximum absolute atomic E-state index is 5.46. The van der Waals surface area contributed by atoms with Gasteiger partial charge in [0, 0.05) is 19.6 Å². The fraction of sp³-hybridized carbons (Fsp3) is 0.385. The van der Waals surface area contributed by atoms with Gasteiger partial charge < -0.3 is 18.7 Å². The molecule has 6 heteroatoms. The van der Waals surface area contributed by atoms with Gasteiger partial charge in [0.05, 0.1) is 13.2 Å². The summed E-state index contributed by atoms with van der Waals surface area (Å²) in [5, 5.41) is 3.86. The Hall–Kier alpha value is -1.92. The number of aromatic nitrogens is 2. The maximum atomic E-state index is 5.46. The minimum Gasteiger partial charge on any atom is -0.468 e. The van der Waals surface area contributed by atoms with Crippen molar-refractivity contribution in [3.05, 3.63) is 30.2 Å². The Kier molecular flexibility index (Phi) is 4.88. The van der Waals surface area contributed by atoms with Gasteiger partial charge in [-0.2, -0.15) is 4.98 Å². The Morgan fingerprint density at radius 2 is 2.16 bits per heavy atom. The molecule has 2 rings (SSSR count). The SMILES string of the molecule is COCCOCOc1cccc(-c2noc(C)n2)c1. The molecule has 6 nitrogen and oxygen atoms in total. The largest absolute Gasteiger partial charge is 0.468 e. The zero-order valence-corrected chi connectivity index (χ0v) is 11.0. The van der Waals surface area contributed by atoms with E-state index in [-0.39, 0.29) is 6.79 Å². The zero-order valence-electron chi connectivity index (χ0n) is 11.0. The number of methoxy groups -OCH3 is 1. The van der Waals surface area contributed by atoms with Crippen LogP contribution in [0.4, 0.5) is 0 Å². The van der Waals surface area contributed by atoms with Gasteiger partial charge in [-0.1, -0.05) is 17.3 Å². The molecular weight excluding hydrogens is 248 g/mol. The van der Waals surface area contributed by atoms with Crippen molar-refractivity contribution in [1.29, 1.82) is 0 Å². The number of ether oxygens (including phenoxy) is 3. The number of nitrogens with zero attached hydrogens (tertiary/aromatic N) is 2. The lowest BCUT2D eigenvalue weighted by molar-refractivity contribution is -0.00845. The summed E-state index contributed by atoms with van der Waals surface area (Å²) in [5.74, 6) is 1.77. The van der Waals surface area contributed by atoms with Gasteiger partial charge in [0.2, 0.25) is 11.7 Å². The highest BCUT2D eigenvalue weighted by Gasteiger charge is 2.06. The second-order valence-corrected chi connectivity index (χ2v) is 3.83. The number of hydrogen-bond acceptors (Lipinski definition) is 6. The van der Waals surface area contributed by atoms with E-state index in [2.05, 4.69) is 10.1 Å². The molecular formula is C13H16N2O4. The van der Waals surface area contributed by atoms with Crippen molar-refractivity contribution in [3.63, 3.8) is 0 Å².